The molecule has 1 atom stereocenters. The topological polar surface area (TPSA) is 77.8 Å². The highest BCUT2D eigenvalue weighted by molar-refractivity contribution is 5.53. The van der Waals surface area contributed by atoms with Crippen LogP contribution in [-0.2, 0) is 6.42 Å². The van der Waals surface area contributed by atoms with Crippen molar-refractivity contribution in [2.24, 2.45) is 11.1 Å². The summed E-state index contributed by atoms with van der Waals surface area (Å²) in [6.45, 7) is 8.26. The van der Waals surface area contributed by atoms with Gasteiger partial charge in [0.15, 0.2) is 0 Å². The third-order valence-electron chi connectivity index (χ3n) is 3.20. The summed E-state index contributed by atoms with van der Waals surface area (Å²) in [5.74, 6) is 1.08. The van der Waals surface area contributed by atoms with Gasteiger partial charge < -0.3 is 10.3 Å². The molecule has 0 aromatic carbocycles. The molecule has 2 aromatic heterocycles. The van der Waals surface area contributed by atoms with Crippen molar-refractivity contribution in [1.82, 2.24) is 15.1 Å². The second-order valence-corrected chi connectivity index (χ2v) is 5.86. The first-order valence-electron chi connectivity index (χ1n) is 6.38. The molecule has 0 radical (unpaired) electrons. The Hall–Kier alpha value is -1.75. The van der Waals surface area contributed by atoms with Gasteiger partial charge in [0.1, 0.15) is 5.69 Å². The van der Waals surface area contributed by atoms with Crippen LogP contribution in [0.25, 0.3) is 11.5 Å². The SMILES string of the molecule is Cc1cccnc1-c1noc(CC(N)C(C)(C)C)n1. The lowest BCUT2D eigenvalue weighted by Crippen LogP contribution is -2.36. The molecule has 5 heteroatoms. The van der Waals surface area contributed by atoms with Gasteiger partial charge in [0, 0.05) is 18.7 Å². The van der Waals surface area contributed by atoms with Gasteiger partial charge in [-0.2, -0.15) is 4.98 Å². The van der Waals surface area contributed by atoms with E-state index in [4.69, 9.17) is 10.3 Å². The Morgan fingerprint density at radius 1 is 1.37 bits per heavy atom. The van der Waals surface area contributed by atoms with Crippen LogP contribution in [0.1, 0.15) is 32.2 Å². The fourth-order valence-electron chi connectivity index (χ4n) is 1.65. The van der Waals surface area contributed by atoms with Gasteiger partial charge in [0.2, 0.25) is 11.7 Å². The van der Waals surface area contributed by atoms with Crippen molar-refractivity contribution in [1.29, 1.82) is 0 Å². The predicted octanol–water partition coefficient (Wildman–Crippen LogP) is 2.36. The molecule has 102 valence electrons. The second-order valence-electron chi connectivity index (χ2n) is 5.86. The third-order valence-corrected chi connectivity index (χ3v) is 3.20. The maximum absolute atomic E-state index is 6.12. The van der Waals surface area contributed by atoms with Crippen LogP contribution in [0, 0.1) is 12.3 Å². The van der Waals surface area contributed by atoms with Crippen LogP contribution in [-0.4, -0.2) is 21.2 Å². The molecule has 2 N–H and O–H groups in total. The first-order chi connectivity index (χ1) is 8.88. The summed E-state index contributed by atoms with van der Waals surface area (Å²) in [6, 6.07) is 3.83. The van der Waals surface area contributed by atoms with Crippen LogP contribution in [0.15, 0.2) is 22.9 Å². The van der Waals surface area contributed by atoms with E-state index in [1.54, 1.807) is 6.20 Å². The summed E-state index contributed by atoms with van der Waals surface area (Å²) in [5.41, 5.74) is 7.90. The molecule has 1 unspecified atom stereocenters. The second kappa shape index (κ2) is 5.09. The minimum Gasteiger partial charge on any atom is -0.339 e. The number of nitrogens with two attached hydrogens (primary N) is 1. The Bertz CT molecular complexity index is 557. The van der Waals surface area contributed by atoms with Gasteiger partial charge in [-0.25, -0.2) is 0 Å². The maximum Gasteiger partial charge on any atom is 0.228 e. The molecule has 2 heterocycles. The fraction of sp³-hybridized carbons (Fsp3) is 0.500. The zero-order chi connectivity index (χ0) is 14.0. The number of pyridine rings is 1. The van der Waals surface area contributed by atoms with Gasteiger partial charge in [-0.05, 0) is 24.0 Å². The molecule has 0 amide bonds. The van der Waals surface area contributed by atoms with E-state index in [1.807, 2.05) is 19.1 Å². The van der Waals surface area contributed by atoms with Crippen LogP contribution < -0.4 is 5.73 Å². The molecule has 0 bridgehead atoms. The van der Waals surface area contributed by atoms with Gasteiger partial charge in [-0.15, -0.1) is 0 Å². The summed E-state index contributed by atoms with van der Waals surface area (Å²) >= 11 is 0. The Balaban J connectivity index is 2.19. The molecule has 5 nitrogen and oxygen atoms in total. The van der Waals surface area contributed by atoms with Gasteiger partial charge >= 0.3 is 0 Å². The van der Waals surface area contributed by atoms with Crippen molar-refractivity contribution in [2.45, 2.75) is 40.2 Å². The lowest BCUT2D eigenvalue weighted by atomic mass is 9.85. The number of hydrogen-bond acceptors (Lipinski definition) is 5. The zero-order valence-electron chi connectivity index (χ0n) is 11.8. The van der Waals surface area contributed by atoms with Gasteiger partial charge in [0.25, 0.3) is 0 Å². The Kier molecular flexibility index (Phi) is 3.66. The van der Waals surface area contributed by atoms with E-state index in [0.717, 1.165) is 11.3 Å². The van der Waals surface area contributed by atoms with Crippen LogP contribution in [0.2, 0.25) is 0 Å². The normalized spacial score (nSPS) is 13.5. The van der Waals surface area contributed by atoms with E-state index in [9.17, 15) is 0 Å². The Morgan fingerprint density at radius 2 is 2.11 bits per heavy atom. The lowest BCUT2D eigenvalue weighted by Gasteiger charge is -2.25. The third kappa shape index (κ3) is 3.17. The number of nitrogens with zero attached hydrogens (tertiary/aromatic N) is 3. The van der Waals surface area contributed by atoms with Gasteiger partial charge in [-0.3, -0.25) is 4.98 Å². The van der Waals surface area contributed by atoms with E-state index in [-0.39, 0.29) is 11.5 Å². The Morgan fingerprint density at radius 3 is 2.74 bits per heavy atom. The zero-order valence-corrected chi connectivity index (χ0v) is 11.8. The highest BCUT2D eigenvalue weighted by Gasteiger charge is 2.23. The van der Waals surface area contributed by atoms with Gasteiger partial charge in [0.05, 0.1) is 0 Å². The number of aromatic nitrogens is 3. The average molecular weight is 260 g/mol. The fourth-order valence-corrected chi connectivity index (χ4v) is 1.65. The summed E-state index contributed by atoms with van der Waals surface area (Å²) in [5, 5.41) is 3.98. The van der Waals surface area contributed by atoms with Crippen molar-refractivity contribution in [3.63, 3.8) is 0 Å². The van der Waals surface area contributed by atoms with Crippen molar-refractivity contribution in [3.05, 3.63) is 29.8 Å². The number of aryl methyl sites for hydroxylation is 1. The summed E-state index contributed by atoms with van der Waals surface area (Å²) in [4.78, 5) is 8.65. The quantitative estimate of drug-likeness (QED) is 0.916. The summed E-state index contributed by atoms with van der Waals surface area (Å²) < 4.78 is 5.26. The predicted molar refractivity (Wildman–Crippen MR) is 73.4 cm³/mol. The minimum atomic E-state index is -0.0226. The van der Waals surface area contributed by atoms with Crippen LogP contribution in [0.3, 0.4) is 0 Å². The molecule has 0 saturated carbocycles. The molecule has 2 aromatic rings. The molecule has 19 heavy (non-hydrogen) atoms. The maximum atomic E-state index is 6.12. The molecular weight excluding hydrogens is 240 g/mol. The summed E-state index contributed by atoms with van der Waals surface area (Å²) in [6.07, 6.45) is 2.29. The smallest absolute Gasteiger partial charge is 0.228 e. The number of rotatable bonds is 3. The molecule has 0 saturated heterocycles. The van der Waals surface area contributed by atoms with Crippen LogP contribution in [0.4, 0.5) is 0 Å². The molecule has 0 aliphatic rings. The highest BCUT2D eigenvalue weighted by atomic mass is 16.5. The molecule has 2 rings (SSSR count). The molecule has 0 aliphatic heterocycles. The number of hydrogen-bond donors (Lipinski definition) is 1. The van der Waals surface area contributed by atoms with E-state index < -0.39 is 0 Å². The van der Waals surface area contributed by atoms with Crippen molar-refractivity contribution in [2.75, 3.05) is 0 Å². The minimum absolute atomic E-state index is 0.00947. The Labute approximate surface area is 113 Å². The molecule has 0 aliphatic carbocycles. The van der Waals surface area contributed by atoms with Gasteiger partial charge in [-0.1, -0.05) is 32.0 Å². The lowest BCUT2D eigenvalue weighted by molar-refractivity contribution is 0.286. The molecule has 0 fully saturated rings. The molecule has 0 spiro atoms. The largest absolute Gasteiger partial charge is 0.339 e. The van der Waals surface area contributed by atoms with Crippen molar-refractivity contribution in [3.8, 4) is 11.5 Å². The average Bonchev–Trinajstić information content (AvgIpc) is 2.76. The first-order valence-corrected chi connectivity index (χ1v) is 6.38. The molecular formula is C14H20N4O. The highest BCUT2D eigenvalue weighted by Crippen LogP contribution is 2.22. The summed E-state index contributed by atoms with van der Waals surface area (Å²) in [7, 11) is 0. The van der Waals surface area contributed by atoms with Crippen molar-refractivity contribution >= 4 is 0 Å². The van der Waals surface area contributed by atoms with E-state index in [1.165, 1.54) is 0 Å². The van der Waals surface area contributed by atoms with Crippen LogP contribution in [0.5, 0.6) is 0 Å². The van der Waals surface area contributed by atoms with E-state index in [2.05, 4.69) is 35.9 Å². The van der Waals surface area contributed by atoms with E-state index in [0.29, 0.717) is 18.1 Å². The standard InChI is InChI=1S/C14H20N4O/c1-9-6-5-7-16-12(9)13-17-11(19-18-13)8-10(15)14(2,3)4/h5-7,10H,8,15H2,1-4H3. The first kappa shape index (κ1) is 13.7. The van der Waals surface area contributed by atoms with E-state index >= 15 is 0 Å². The monoisotopic (exact) mass is 260 g/mol. The van der Waals surface area contributed by atoms with Crippen LogP contribution >= 0.6 is 0 Å². The van der Waals surface area contributed by atoms with Crippen molar-refractivity contribution < 1.29 is 4.52 Å².